The number of halogens is 1. The summed E-state index contributed by atoms with van der Waals surface area (Å²) in [6.07, 6.45) is 0.735. The van der Waals surface area contributed by atoms with Gasteiger partial charge in [-0.25, -0.2) is 0 Å². The van der Waals surface area contributed by atoms with Crippen LogP contribution in [0.3, 0.4) is 0 Å². The number of amides is 1. The van der Waals surface area contributed by atoms with Gasteiger partial charge in [-0.15, -0.1) is 12.4 Å². The molecule has 0 unspecified atom stereocenters. The Morgan fingerprint density at radius 3 is 2.35 bits per heavy atom. The smallest absolute Gasteiger partial charge is 0.226 e. The molecule has 1 aromatic rings. The average molecular weight is 345 g/mol. The molecule has 0 spiro atoms. The van der Waals surface area contributed by atoms with Gasteiger partial charge in [0.25, 0.3) is 0 Å². The second-order valence-corrected chi connectivity index (χ2v) is 5.74. The average Bonchev–Trinajstić information content (AvgIpc) is 2.50. The summed E-state index contributed by atoms with van der Waals surface area (Å²) in [4.78, 5) is 12.0. The van der Waals surface area contributed by atoms with Crippen molar-refractivity contribution < 1.29 is 14.3 Å². The Labute approximate surface area is 145 Å². The Hall–Kier alpha value is -1.46. The SMILES string of the molecule is CCOc1ccc(CCNC(=O)C(C)(C)CN)cc1OCC.Cl. The first-order valence-electron chi connectivity index (χ1n) is 7.81. The molecule has 0 atom stereocenters. The molecule has 1 rings (SSSR count). The van der Waals surface area contributed by atoms with Gasteiger partial charge in [0.1, 0.15) is 0 Å². The van der Waals surface area contributed by atoms with Gasteiger partial charge >= 0.3 is 0 Å². The highest BCUT2D eigenvalue weighted by Gasteiger charge is 2.25. The van der Waals surface area contributed by atoms with E-state index in [4.69, 9.17) is 15.2 Å². The number of hydrogen-bond acceptors (Lipinski definition) is 4. The maximum atomic E-state index is 12.0. The van der Waals surface area contributed by atoms with E-state index < -0.39 is 5.41 Å². The minimum atomic E-state index is -0.532. The highest BCUT2D eigenvalue weighted by molar-refractivity contribution is 5.85. The zero-order valence-electron chi connectivity index (χ0n) is 14.5. The van der Waals surface area contributed by atoms with Gasteiger partial charge < -0.3 is 20.5 Å². The van der Waals surface area contributed by atoms with E-state index in [1.54, 1.807) is 0 Å². The molecule has 0 aliphatic heterocycles. The molecular formula is C17H29ClN2O3. The van der Waals surface area contributed by atoms with Crippen molar-refractivity contribution in [1.82, 2.24) is 5.32 Å². The fourth-order valence-electron chi connectivity index (χ4n) is 1.90. The van der Waals surface area contributed by atoms with Gasteiger partial charge in [-0.2, -0.15) is 0 Å². The number of ether oxygens (including phenoxy) is 2. The Morgan fingerprint density at radius 1 is 1.17 bits per heavy atom. The van der Waals surface area contributed by atoms with Gasteiger partial charge in [-0.1, -0.05) is 6.07 Å². The van der Waals surface area contributed by atoms with E-state index in [0.29, 0.717) is 26.3 Å². The van der Waals surface area contributed by atoms with Gasteiger partial charge in [-0.05, 0) is 51.8 Å². The van der Waals surface area contributed by atoms with E-state index >= 15 is 0 Å². The van der Waals surface area contributed by atoms with E-state index in [9.17, 15) is 4.79 Å². The third kappa shape index (κ3) is 6.67. The number of nitrogens with one attached hydrogen (secondary N) is 1. The van der Waals surface area contributed by atoms with Crippen molar-refractivity contribution in [3.05, 3.63) is 23.8 Å². The van der Waals surface area contributed by atoms with Crippen molar-refractivity contribution in [2.75, 3.05) is 26.3 Å². The molecule has 0 fully saturated rings. The molecule has 1 amide bonds. The lowest BCUT2D eigenvalue weighted by atomic mass is 9.92. The van der Waals surface area contributed by atoms with Gasteiger partial charge in [0.2, 0.25) is 5.91 Å². The van der Waals surface area contributed by atoms with Crippen molar-refractivity contribution in [3.63, 3.8) is 0 Å². The highest BCUT2D eigenvalue weighted by Crippen LogP contribution is 2.28. The van der Waals surface area contributed by atoms with Gasteiger partial charge in [0, 0.05) is 13.1 Å². The molecule has 132 valence electrons. The van der Waals surface area contributed by atoms with Crippen LogP contribution in [0.15, 0.2) is 18.2 Å². The zero-order chi connectivity index (χ0) is 16.6. The third-order valence-corrected chi connectivity index (χ3v) is 3.43. The summed E-state index contributed by atoms with van der Waals surface area (Å²) in [7, 11) is 0. The first-order valence-corrected chi connectivity index (χ1v) is 7.81. The maximum Gasteiger partial charge on any atom is 0.226 e. The second kappa shape index (κ2) is 10.3. The number of rotatable bonds is 9. The highest BCUT2D eigenvalue weighted by atomic mass is 35.5. The summed E-state index contributed by atoms with van der Waals surface area (Å²) >= 11 is 0. The molecule has 1 aromatic carbocycles. The molecule has 5 nitrogen and oxygen atoms in total. The van der Waals surface area contributed by atoms with E-state index in [0.717, 1.165) is 23.5 Å². The Balaban J connectivity index is 0.00000484. The summed E-state index contributed by atoms with van der Waals surface area (Å²) in [6.45, 7) is 9.65. The Morgan fingerprint density at radius 2 is 1.78 bits per heavy atom. The van der Waals surface area contributed by atoms with Crippen molar-refractivity contribution in [1.29, 1.82) is 0 Å². The van der Waals surface area contributed by atoms with Crippen LogP contribution in [-0.2, 0) is 11.2 Å². The number of carbonyl (C=O) groups excluding carboxylic acids is 1. The topological polar surface area (TPSA) is 73.6 Å². The summed E-state index contributed by atoms with van der Waals surface area (Å²) in [5.41, 5.74) is 6.16. The van der Waals surface area contributed by atoms with E-state index in [-0.39, 0.29) is 18.3 Å². The molecule has 23 heavy (non-hydrogen) atoms. The molecular weight excluding hydrogens is 316 g/mol. The monoisotopic (exact) mass is 344 g/mol. The van der Waals surface area contributed by atoms with Crippen molar-refractivity contribution in [3.8, 4) is 11.5 Å². The number of nitrogens with two attached hydrogens (primary N) is 1. The molecule has 0 heterocycles. The lowest BCUT2D eigenvalue weighted by Crippen LogP contribution is -2.42. The predicted octanol–water partition coefficient (Wildman–Crippen LogP) is 2.55. The summed E-state index contributed by atoms with van der Waals surface area (Å²) in [6, 6.07) is 5.87. The normalized spacial score (nSPS) is 10.7. The van der Waals surface area contributed by atoms with Gasteiger partial charge in [0.15, 0.2) is 11.5 Å². The second-order valence-electron chi connectivity index (χ2n) is 5.74. The molecule has 0 saturated heterocycles. The molecule has 0 bridgehead atoms. The van der Waals surface area contributed by atoms with E-state index in [2.05, 4.69) is 5.32 Å². The predicted molar refractivity (Wildman–Crippen MR) is 95.6 cm³/mol. The van der Waals surface area contributed by atoms with Crippen molar-refractivity contribution in [2.24, 2.45) is 11.1 Å². The van der Waals surface area contributed by atoms with Gasteiger partial charge in [0.05, 0.1) is 18.6 Å². The maximum absolute atomic E-state index is 12.0. The van der Waals surface area contributed by atoms with Crippen molar-refractivity contribution in [2.45, 2.75) is 34.1 Å². The van der Waals surface area contributed by atoms with E-state index in [1.165, 1.54) is 0 Å². The molecule has 0 radical (unpaired) electrons. The van der Waals surface area contributed by atoms with Crippen LogP contribution in [0.2, 0.25) is 0 Å². The van der Waals surface area contributed by atoms with E-state index in [1.807, 2.05) is 45.9 Å². The number of benzene rings is 1. The molecule has 3 N–H and O–H groups in total. The van der Waals surface area contributed by atoms with Crippen LogP contribution >= 0.6 is 12.4 Å². The lowest BCUT2D eigenvalue weighted by molar-refractivity contribution is -0.128. The summed E-state index contributed by atoms with van der Waals surface area (Å²) in [5.74, 6) is 1.47. The molecule has 0 aliphatic carbocycles. The van der Waals surface area contributed by atoms with Crippen LogP contribution in [0.4, 0.5) is 0 Å². The van der Waals surface area contributed by atoms with Crippen LogP contribution in [0.5, 0.6) is 11.5 Å². The van der Waals surface area contributed by atoms with Crippen LogP contribution in [0.25, 0.3) is 0 Å². The molecule has 0 aliphatic rings. The fraction of sp³-hybridized carbons (Fsp3) is 0.588. The van der Waals surface area contributed by atoms with Crippen LogP contribution in [-0.4, -0.2) is 32.2 Å². The minimum Gasteiger partial charge on any atom is -0.490 e. The zero-order valence-corrected chi connectivity index (χ0v) is 15.3. The largest absolute Gasteiger partial charge is 0.490 e. The number of hydrogen-bond donors (Lipinski definition) is 2. The van der Waals surface area contributed by atoms with Crippen LogP contribution < -0.4 is 20.5 Å². The first kappa shape index (κ1) is 21.5. The third-order valence-electron chi connectivity index (χ3n) is 3.43. The van der Waals surface area contributed by atoms with Crippen molar-refractivity contribution >= 4 is 18.3 Å². The molecule has 6 heteroatoms. The van der Waals surface area contributed by atoms with Crippen LogP contribution in [0, 0.1) is 5.41 Å². The molecule has 0 aromatic heterocycles. The Bertz CT molecular complexity index is 493. The standard InChI is InChI=1S/C17H28N2O3.ClH/c1-5-21-14-8-7-13(11-15(14)22-6-2)9-10-19-16(20)17(3,4)12-18;/h7-8,11H,5-6,9-10,12,18H2,1-4H3,(H,19,20);1H. The van der Waals surface area contributed by atoms with Gasteiger partial charge in [-0.3, -0.25) is 4.79 Å². The number of carbonyl (C=O) groups is 1. The lowest BCUT2D eigenvalue weighted by Gasteiger charge is -2.21. The van der Waals surface area contributed by atoms with Crippen LogP contribution in [0.1, 0.15) is 33.3 Å². The quantitative estimate of drug-likeness (QED) is 0.722. The Kier molecular flexibility index (Phi) is 9.68. The minimum absolute atomic E-state index is 0. The fourth-order valence-corrected chi connectivity index (χ4v) is 1.90. The summed E-state index contributed by atoms with van der Waals surface area (Å²) in [5, 5.41) is 2.92. The molecule has 0 saturated carbocycles. The first-order chi connectivity index (χ1) is 10.4. The summed E-state index contributed by atoms with van der Waals surface area (Å²) < 4.78 is 11.1.